The van der Waals surface area contributed by atoms with Crippen molar-refractivity contribution in [1.82, 2.24) is 4.57 Å². The molecule has 6 heteroatoms. The second kappa shape index (κ2) is 6.73. The number of aryl methyl sites for hydroxylation is 1. The van der Waals surface area contributed by atoms with Crippen molar-refractivity contribution in [3.8, 4) is 0 Å². The molecule has 0 atom stereocenters. The molecule has 0 saturated heterocycles. The number of anilines is 2. The second-order valence-corrected chi connectivity index (χ2v) is 6.36. The molecule has 0 unspecified atom stereocenters. The van der Waals surface area contributed by atoms with Crippen molar-refractivity contribution in [2.75, 3.05) is 10.6 Å². The molecular weight excluding hydrogens is 297 g/mol. The van der Waals surface area contributed by atoms with Crippen LogP contribution in [0.1, 0.15) is 26.3 Å². The first-order chi connectivity index (χ1) is 10.7. The number of nitrogens with zero attached hydrogens (tertiary/aromatic N) is 1. The quantitative estimate of drug-likeness (QED) is 0.891. The van der Waals surface area contributed by atoms with E-state index in [1.54, 1.807) is 32.9 Å². The van der Waals surface area contributed by atoms with Crippen LogP contribution in [0.5, 0.6) is 0 Å². The van der Waals surface area contributed by atoms with Gasteiger partial charge in [-0.1, -0.05) is 0 Å². The van der Waals surface area contributed by atoms with Gasteiger partial charge < -0.3 is 14.6 Å². The fourth-order valence-electron chi connectivity index (χ4n) is 2.01. The maximum absolute atomic E-state index is 13.8. The number of ether oxygens (including phenoxy) is 1. The molecule has 2 N–H and O–H groups in total. The minimum absolute atomic E-state index is 0.0808. The average Bonchev–Trinajstić information content (AvgIpc) is 2.83. The molecule has 1 aromatic heterocycles. The van der Waals surface area contributed by atoms with Crippen LogP contribution >= 0.6 is 0 Å². The van der Waals surface area contributed by atoms with Crippen molar-refractivity contribution >= 4 is 17.5 Å². The molecule has 0 spiro atoms. The molecule has 5 nitrogen and oxygen atoms in total. The average molecular weight is 319 g/mol. The van der Waals surface area contributed by atoms with Crippen molar-refractivity contribution < 1.29 is 13.9 Å². The van der Waals surface area contributed by atoms with Crippen LogP contribution in [0.15, 0.2) is 36.7 Å². The van der Waals surface area contributed by atoms with Crippen molar-refractivity contribution in [2.45, 2.75) is 32.9 Å². The highest BCUT2D eigenvalue weighted by Crippen LogP contribution is 2.21. The number of rotatable bonds is 4. The fourth-order valence-corrected chi connectivity index (χ4v) is 2.01. The summed E-state index contributed by atoms with van der Waals surface area (Å²) in [4.78, 5) is 11.8. The van der Waals surface area contributed by atoms with E-state index >= 15 is 0 Å². The Morgan fingerprint density at radius 1 is 1.30 bits per heavy atom. The SMILES string of the molecule is Cn1ccc(CNc2ccc(F)c(NC(=O)OC(C)(C)C)c2)c1. The molecule has 2 aromatic rings. The van der Waals surface area contributed by atoms with Crippen LogP contribution < -0.4 is 10.6 Å². The van der Waals surface area contributed by atoms with Gasteiger partial charge in [-0.05, 0) is 50.6 Å². The molecule has 1 heterocycles. The second-order valence-electron chi connectivity index (χ2n) is 6.36. The Morgan fingerprint density at radius 2 is 2.04 bits per heavy atom. The molecule has 0 aliphatic carbocycles. The normalized spacial score (nSPS) is 11.2. The summed E-state index contributed by atoms with van der Waals surface area (Å²) < 4.78 is 20.9. The molecule has 0 bridgehead atoms. The lowest BCUT2D eigenvalue weighted by Crippen LogP contribution is -2.27. The van der Waals surface area contributed by atoms with Gasteiger partial charge in [-0.15, -0.1) is 0 Å². The highest BCUT2D eigenvalue weighted by Gasteiger charge is 2.17. The van der Waals surface area contributed by atoms with E-state index in [1.807, 2.05) is 30.1 Å². The van der Waals surface area contributed by atoms with E-state index in [0.717, 1.165) is 5.56 Å². The third-order valence-corrected chi connectivity index (χ3v) is 2.99. The molecule has 2 rings (SSSR count). The zero-order chi connectivity index (χ0) is 17.0. The lowest BCUT2D eigenvalue weighted by Gasteiger charge is -2.20. The molecule has 0 radical (unpaired) electrons. The first-order valence-electron chi connectivity index (χ1n) is 7.37. The van der Waals surface area contributed by atoms with Crippen LogP contribution in [-0.4, -0.2) is 16.3 Å². The van der Waals surface area contributed by atoms with Crippen LogP contribution in [0.4, 0.5) is 20.6 Å². The summed E-state index contributed by atoms with van der Waals surface area (Å²) in [5.41, 5.74) is 1.26. The first-order valence-corrected chi connectivity index (χ1v) is 7.37. The summed E-state index contributed by atoms with van der Waals surface area (Å²) >= 11 is 0. The Kier molecular flexibility index (Phi) is 4.93. The Balaban J connectivity index is 2.02. The van der Waals surface area contributed by atoms with Crippen LogP contribution in [-0.2, 0) is 18.3 Å². The Morgan fingerprint density at radius 3 is 2.65 bits per heavy atom. The maximum atomic E-state index is 13.8. The number of nitrogens with one attached hydrogen (secondary N) is 2. The van der Waals surface area contributed by atoms with Crippen LogP contribution in [0.3, 0.4) is 0 Å². The van der Waals surface area contributed by atoms with Crippen LogP contribution in [0.2, 0.25) is 0 Å². The van der Waals surface area contributed by atoms with Crippen molar-refractivity contribution in [2.24, 2.45) is 7.05 Å². The van der Waals surface area contributed by atoms with E-state index in [0.29, 0.717) is 12.2 Å². The van der Waals surface area contributed by atoms with E-state index in [4.69, 9.17) is 4.74 Å². The molecule has 1 aromatic carbocycles. The van der Waals surface area contributed by atoms with Gasteiger partial charge in [0.2, 0.25) is 0 Å². The van der Waals surface area contributed by atoms with Gasteiger partial charge in [-0.3, -0.25) is 5.32 Å². The van der Waals surface area contributed by atoms with Gasteiger partial charge in [0, 0.05) is 31.7 Å². The molecule has 1 amide bonds. The van der Waals surface area contributed by atoms with E-state index in [9.17, 15) is 9.18 Å². The minimum Gasteiger partial charge on any atom is -0.444 e. The third kappa shape index (κ3) is 5.32. The van der Waals surface area contributed by atoms with Gasteiger partial charge in [-0.2, -0.15) is 0 Å². The number of carbonyl (C=O) groups excluding carboxylic acids is 1. The van der Waals surface area contributed by atoms with Crippen molar-refractivity contribution in [3.05, 3.63) is 48.0 Å². The van der Waals surface area contributed by atoms with Gasteiger partial charge in [0.25, 0.3) is 0 Å². The zero-order valence-corrected chi connectivity index (χ0v) is 13.8. The molecular formula is C17H22FN3O2. The van der Waals surface area contributed by atoms with Crippen molar-refractivity contribution in [1.29, 1.82) is 0 Å². The number of hydrogen-bond donors (Lipinski definition) is 2. The number of benzene rings is 1. The zero-order valence-electron chi connectivity index (χ0n) is 13.8. The molecule has 124 valence electrons. The topological polar surface area (TPSA) is 55.3 Å². The standard InChI is InChI=1S/C17H22FN3O2/c1-17(2,3)23-16(22)20-15-9-13(5-6-14(15)18)19-10-12-7-8-21(4)11-12/h5-9,11,19H,10H2,1-4H3,(H,20,22). The molecule has 0 fully saturated rings. The van der Waals surface area contributed by atoms with Crippen LogP contribution in [0.25, 0.3) is 0 Å². The summed E-state index contributed by atoms with van der Waals surface area (Å²) in [6.45, 7) is 5.86. The molecule has 0 aliphatic rings. The summed E-state index contributed by atoms with van der Waals surface area (Å²) in [5.74, 6) is -0.513. The van der Waals surface area contributed by atoms with Gasteiger partial charge in [0.05, 0.1) is 5.69 Å². The van der Waals surface area contributed by atoms with Gasteiger partial charge in [0.1, 0.15) is 11.4 Å². The predicted octanol–water partition coefficient (Wildman–Crippen LogP) is 4.12. The number of halogens is 1. The first kappa shape index (κ1) is 16.9. The summed E-state index contributed by atoms with van der Waals surface area (Å²) in [6.07, 6.45) is 3.27. The third-order valence-electron chi connectivity index (χ3n) is 2.99. The van der Waals surface area contributed by atoms with E-state index < -0.39 is 17.5 Å². The largest absolute Gasteiger partial charge is 0.444 e. The summed E-state index contributed by atoms with van der Waals surface area (Å²) in [5, 5.41) is 5.62. The van der Waals surface area contributed by atoms with Gasteiger partial charge in [-0.25, -0.2) is 9.18 Å². The summed E-state index contributed by atoms with van der Waals surface area (Å²) in [6, 6.07) is 6.47. The summed E-state index contributed by atoms with van der Waals surface area (Å²) in [7, 11) is 1.95. The van der Waals surface area contributed by atoms with Gasteiger partial charge >= 0.3 is 6.09 Å². The highest BCUT2D eigenvalue weighted by molar-refractivity contribution is 5.85. The van der Waals surface area contributed by atoms with Gasteiger partial charge in [0.15, 0.2) is 0 Å². The molecule has 0 saturated carbocycles. The number of hydrogen-bond acceptors (Lipinski definition) is 3. The van der Waals surface area contributed by atoms with E-state index in [2.05, 4.69) is 10.6 Å². The number of amides is 1. The van der Waals surface area contributed by atoms with Crippen molar-refractivity contribution in [3.63, 3.8) is 0 Å². The van der Waals surface area contributed by atoms with E-state index in [-0.39, 0.29) is 5.69 Å². The molecule has 0 aliphatic heterocycles. The Hall–Kier alpha value is -2.50. The fraction of sp³-hybridized carbons (Fsp3) is 0.353. The minimum atomic E-state index is -0.684. The lowest BCUT2D eigenvalue weighted by molar-refractivity contribution is 0.0635. The Labute approximate surface area is 135 Å². The molecule has 23 heavy (non-hydrogen) atoms. The van der Waals surface area contributed by atoms with Crippen LogP contribution in [0, 0.1) is 5.82 Å². The monoisotopic (exact) mass is 319 g/mol. The maximum Gasteiger partial charge on any atom is 0.412 e. The number of aromatic nitrogens is 1. The lowest BCUT2D eigenvalue weighted by atomic mass is 10.2. The Bertz CT molecular complexity index is 689. The smallest absolute Gasteiger partial charge is 0.412 e. The predicted molar refractivity (Wildman–Crippen MR) is 89.0 cm³/mol. The highest BCUT2D eigenvalue weighted by atomic mass is 19.1. The van der Waals surface area contributed by atoms with E-state index in [1.165, 1.54) is 6.07 Å². The number of carbonyl (C=O) groups is 1.